The summed E-state index contributed by atoms with van der Waals surface area (Å²) in [5.74, 6) is 1.64. The van der Waals surface area contributed by atoms with Gasteiger partial charge >= 0.3 is 6.09 Å². The van der Waals surface area contributed by atoms with Gasteiger partial charge in [-0.05, 0) is 50.1 Å². The van der Waals surface area contributed by atoms with Gasteiger partial charge in [-0.2, -0.15) is 0 Å². The molecule has 0 spiro atoms. The highest BCUT2D eigenvalue weighted by Gasteiger charge is 2.30. The number of hydrogen-bond donors (Lipinski definition) is 1. The Labute approximate surface area is 207 Å². The Morgan fingerprint density at radius 3 is 2.60 bits per heavy atom. The van der Waals surface area contributed by atoms with Crippen molar-refractivity contribution >= 4 is 29.0 Å². The molecule has 9 heteroatoms. The van der Waals surface area contributed by atoms with Crippen molar-refractivity contribution in [1.29, 1.82) is 0 Å². The van der Waals surface area contributed by atoms with Gasteiger partial charge in [0.15, 0.2) is 17.6 Å². The monoisotopic (exact) mass is 493 g/mol. The SMILES string of the molecule is CC(OC(=O)Nc1ccccc1)C(=O)N1CCC(c2nc(-c3ccc4c(c3)OCCO4)cs2)CC1. The molecule has 1 saturated heterocycles. The lowest BCUT2D eigenvalue weighted by Gasteiger charge is -2.32. The van der Waals surface area contributed by atoms with Crippen molar-refractivity contribution in [3.63, 3.8) is 0 Å². The van der Waals surface area contributed by atoms with Crippen molar-refractivity contribution in [3.8, 4) is 22.8 Å². The van der Waals surface area contributed by atoms with Crippen molar-refractivity contribution in [3.05, 3.63) is 58.9 Å². The number of anilines is 1. The Morgan fingerprint density at radius 2 is 1.83 bits per heavy atom. The van der Waals surface area contributed by atoms with Crippen LogP contribution < -0.4 is 14.8 Å². The summed E-state index contributed by atoms with van der Waals surface area (Å²) in [7, 11) is 0. The second-order valence-corrected chi connectivity index (χ2v) is 9.46. The lowest BCUT2D eigenvalue weighted by atomic mass is 9.97. The fourth-order valence-corrected chi connectivity index (χ4v) is 5.29. The van der Waals surface area contributed by atoms with Crippen LogP contribution in [-0.4, -0.2) is 54.3 Å². The molecular formula is C26H27N3O5S. The minimum atomic E-state index is -0.850. The minimum Gasteiger partial charge on any atom is -0.486 e. The van der Waals surface area contributed by atoms with Crippen LogP contribution in [0.2, 0.25) is 0 Å². The molecule has 0 bridgehead atoms. The van der Waals surface area contributed by atoms with Crippen molar-refractivity contribution in [2.24, 2.45) is 0 Å². The van der Waals surface area contributed by atoms with Gasteiger partial charge in [0.25, 0.3) is 5.91 Å². The zero-order valence-electron chi connectivity index (χ0n) is 19.4. The van der Waals surface area contributed by atoms with Crippen LogP contribution in [0.4, 0.5) is 10.5 Å². The maximum atomic E-state index is 12.8. The second kappa shape index (κ2) is 10.4. The molecule has 0 radical (unpaired) electrons. The number of nitrogens with one attached hydrogen (secondary N) is 1. The summed E-state index contributed by atoms with van der Waals surface area (Å²) >= 11 is 1.65. The molecule has 2 amide bonds. The first-order chi connectivity index (χ1) is 17.1. The van der Waals surface area contributed by atoms with Gasteiger partial charge in [0.05, 0.1) is 10.7 Å². The number of rotatable bonds is 5. The van der Waals surface area contributed by atoms with Gasteiger partial charge in [0.2, 0.25) is 0 Å². The highest BCUT2D eigenvalue weighted by atomic mass is 32.1. The number of nitrogens with zero attached hydrogens (tertiary/aromatic N) is 2. The Kier molecular flexibility index (Phi) is 6.85. The molecule has 1 aromatic heterocycles. The summed E-state index contributed by atoms with van der Waals surface area (Å²) in [6.07, 6.45) is 0.157. The summed E-state index contributed by atoms with van der Waals surface area (Å²) in [6, 6.07) is 14.9. The number of aromatic nitrogens is 1. The summed E-state index contributed by atoms with van der Waals surface area (Å²) in [6.45, 7) is 3.95. The zero-order chi connectivity index (χ0) is 24.2. The third kappa shape index (κ3) is 5.40. The van der Waals surface area contributed by atoms with E-state index in [2.05, 4.69) is 10.7 Å². The van der Waals surface area contributed by atoms with E-state index in [1.807, 2.05) is 36.4 Å². The number of benzene rings is 2. The number of amides is 2. The average molecular weight is 494 g/mol. The van der Waals surface area contributed by atoms with Crippen LogP contribution >= 0.6 is 11.3 Å². The first kappa shape index (κ1) is 23.2. The van der Waals surface area contributed by atoms with Gasteiger partial charge in [-0.25, -0.2) is 9.78 Å². The van der Waals surface area contributed by atoms with Crippen LogP contribution in [0.5, 0.6) is 11.5 Å². The molecule has 3 aromatic rings. The number of hydrogen-bond acceptors (Lipinski definition) is 7. The van der Waals surface area contributed by atoms with Crippen LogP contribution in [0.25, 0.3) is 11.3 Å². The summed E-state index contributed by atoms with van der Waals surface area (Å²) in [4.78, 5) is 31.6. The Bertz CT molecular complexity index is 1190. The summed E-state index contributed by atoms with van der Waals surface area (Å²) in [5, 5.41) is 5.78. The topological polar surface area (TPSA) is 90.0 Å². The first-order valence-electron chi connectivity index (χ1n) is 11.7. The van der Waals surface area contributed by atoms with E-state index in [0.29, 0.717) is 37.9 Å². The summed E-state index contributed by atoms with van der Waals surface area (Å²) < 4.78 is 16.6. The van der Waals surface area contributed by atoms with Gasteiger partial charge < -0.3 is 19.1 Å². The van der Waals surface area contributed by atoms with Crippen LogP contribution in [0.3, 0.4) is 0 Å². The fraction of sp³-hybridized carbons (Fsp3) is 0.346. The second-order valence-electron chi connectivity index (χ2n) is 8.57. The van der Waals surface area contributed by atoms with Gasteiger partial charge in [0.1, 0.15) is 13.2 Å². The fourth-order valence-electron chi connectivity index (χ4n) is 4.29. The minimum absolute atomic E-state index is 0.178. The Morgan fingerprint density at radius 1 is 1.09 bits per heavy atom. The van der Waals surface area contributed by atoms with Gasteiger partial charge in [-0.1, -0.05) is 18.2 Å². The van der Waals surface area contributed by atoms with Crippen molar-refractivity contribution in [1.82, 2.24) is 9.88 Å². The van der Waals surface area contributed by atoms with E-state index in [9.17, 15) is 9.59 Å². The lowest BCUT2D eigenvalue weighted by Crippen LogP contribution is -2.44. The lowest BCUT2D eigenvalue weighted by molar-refractivity contribution is -0.140. The van der Waals surface area contributed by atoms with Crippen LogP contribution in [0.15, 0.2) is 53.9 Å². The number of para-hydroxylation sites is 1. The standard InChI is InChI=1S/C26H27N3O5S/c1-17(34-26(31)27-20-5-3-2-4-6-20)25(30)29-11-9-18(10-12-29)24-28-21(16-35-24)19-7-8-22-23(15-19)33-14-13-32-22/h2-8,15-18H,9-14H2,1H3,(H,27,31). The third-order valence-corrected chi connectivity index (χ3v) is 7.17. The molecule has 5 rings (SSSR count). The normalized spacial score (nSPS) is 16.4. The molecule has 2 aliphatic rings. The van der Waals surface area contributed by atoms with Crippen molar-refractivity contribution < 1.29 is 23.8 Å². The number of carbonyl (C=O) groups excluding carboxylic acids is 2. The molecular weight excluding hydrogens is 466 g/mol. The highest BCUT2D eigenvalue weighted by molar-refractivity contribution is 7.10. The Hall–Kier alpha value is -3.59. The maximum Gasteiger partial charge on any atom is 0.412 e. The van der Waals surface area contributed by atoms with Crippen LogP contribution in [0, 0.1) is 0 Å². The quantitative estimate of drug-likeness (QED) is 0.542. The molecule has 0 saturated carbocycles. The Balaban J connectivity index is 1.14. The third-order valence-electron chi connectivity index (χ3n) is 6.17. The number of fused-ring (bicyclic) bond motifs is 1. The predicted molar refractivity (Wildman–Crippen MR) is 133 cm³/mol. The molecule has 3 heterocycles. The van der Waals surface area contributed by atoms with E-state index in [1.165, 1.54) is 0 Å². The number of piperidine rings is 1. The molecule has 0 aliphatic carbocycles. The number of carbonyl (C=O) groups is 2. The van der Waals surface area contributed by atoms with E-state index in [0.717, 1.165) is 40.6 Å². The highest BCUT2D eigenvalue weighted by Crippen LogP contribution is 2.37. The van der Waals surface area contributed by atoms with Crippen LogP contribution in [-0.2, 0) is 9.53 Å². The average Bonchev–Trinajstić information content (AvgIpc) is 3.39. The van der Waals surface area contributed by atoms with Gasteiger partial charge in [-0.15, -0.1) is 11.3 Å². The largest absolute Gasteiger partial charge is 0.486 e. The first-order valence-corrected chi connectivity index (χ1v) is 12.6. The molecule has 182 valence electrons. The predicted octanol–water partition coefficient (Wildman–Crippen LogP) is 4.92. The number of thiazole rings is 1. The molecule has 1 atom stereocenters. The molecule has 2 aliphatic heterocycles. The van der Waals surface area contributed by atoms with Crippen molar-refractivity contribution in [2.75, 3.05) is 31.6 Å². The maximum absolute atomic E-state index is 12.8. The number of ether oxygens (including phenoxy) is 3. The van der Waals surface area contributed by atoms with E-state index >= 15 is 0 Å². The molecule has 8 nitrogen and oxygen atoms in total. The zero-order valence-corrected chi connectivity index (χ0v) is 20.3. The van der Waals surface area contributed by atoms with E-state index in [4.69, 9.17) is 19.2 Å². The molecule has 1 N–H and O–H groups in total. The van der Waals surface area contributed by atoms with Gasteiger partial charge in [-0.3, -0.25) is 10.1 Å². The van der Waals surface area contributed by atoms with Crippen molar-refractivity contribution in [2.45, 2.75) is 31.8 Å². The molecule has 2 aromatic carbocycles. The van der Waals surface area contributed by atoms with E-state index < -0.39 is 12.2 Å². The van der Waals surface area contributed by atoms with Gasteiger partial charge in [0, 0.05) is 35.6 Å². The summed E-state index contributed by atoms with van der Waals surface area (Å²) in [5.41, 5.74) is 2.55. The molecule has 35 heavy (non-hydrogen) atoms. The van der Waals surface area contributed by atoms with Crippen LogP contribution in [0.1, 0.15) is 30.7 Å². The smallest absolute Gasteiger partial charge is 0.412 e. The number of likely N-dealkylation sites (tertiary alicyclic amines) is 1. The van der Waals surface area contributed by atoms with E-state index in [1.54, 1.807) is 35.3 Å². The van der Waals surface area contributed by atoms with E-state index in [-0.39, 0.29) is 5.91 Å². The molecule has 1 fully saturated rings. The molecule has 1 unspecified atom stereocenters.